The number of nitrogens with one attached hydrogen (secondary N) is 2. The molecule has 2 N–H and O–H groups in total. The second kappa shape index (κ2) is 9.48. The molecule has 7 heteroatoms. The van der Waals surface area contributed by atoms with Gasteiger partial charge >= 0.3 is 0 Å². The Hall–Kier alpha value is -1.70. The van der Waals surface area contributed by atoms with Crippen LogP contribution in [0.2, 0.25) is 0 Å². The van der Waals surface area contributed by atoms with Gasteiger partial charge in [0.25, 0.3) is 0 Å². The Kier molecular flexibility index (Phi) is 7.04. The summed E-state index contributed by atoms with van der Waals surface area (Å²) < 4.78 is 1.76. The molecule has 1 unspecified atom stereocenters. The summed E-state index contributed by atoms with van der Waals surface area (Å²) in [5, 5.41) is 5.88. The highest BCUT2D eigenvalue weighted by Crippen LogP contribution is 2.26. The number of likely N-dealkylation sites (tertiary alicyclic amines) is 1. The highest BCUT2D eigenvalue weighted by Gasteiger charge is 2.27. The Labute approximate surface area is 175 Å². The van der Waals surface area contributed by atoms with Crippen molar-refractivity contribution in [3.8, 4) is 0 Å². The molecule has 3 rings (SSSR count). The molecule has 27 heavy (non-hydrogen) atoms. The van der Waals surface area contributed by atoms with Gasteiger partial charge in [-0.3, -0.25) is 14.5 Å². The van der Waals surface area contributed by atoms with Gasteiger partial charge in [-0.25, -0.2) is 0 Å². The van der Waals surface area contributed by atoms with E-state index in [4.69, 9.17) is 0 Å². The van der Waals surface area contributed by atoms with Crippen LogP contribution in [-0.4, -0.2) is 36.3 Å². The van der Waals surface area contributed by atoms with E-state index in [-0.39, 0.29) is 24.3 Å². The van der Waals surface area contributed by atoms with E-state index in [1.54, 1.807) is 0 Å². The molecule has 0 saturated carbocycles. The number of anilines is 2. The van der Waals surface area contributed by atoms with Crippen LogP contribution in [0, 0.1) is 5.92 Å². The maximum absolute atomic E-state index is 12.5. The molecule has 5 nitrogen and oxygen atoms in total. The zero-order chi connectivity index (χ0) is 19.2. The number of para-hydroxylation sites is 1. The lowest BCUT2D eigenvalue weighted by molar-refractivity contribution is -0.123. The first-order valence-corrected chi connectivity index (χ1v) is 10.4. The van der Waals surface area contributed by atoms with E-state index in [1.165, 1.54) is 0 Å². The van der Waals surface area contributed by atoms with Crippen LogP contribution in [0.5, 0.6) is 0 Å². The molecule has 1 atom stereocenters. The van der Waals surface area contributed by atoms with Crippen molar-refractivity contribution in [2.45, 2.75) is 12.8 Å². The Morgan fingerprint density at radius 3 is 2.59 bits per heavy atom. The molecule has 0 radical (unpaired) electrons. The fourth-order valence-electron chi connectivity index (χ4n) is 3.16. The first kappa shape index (κ1) is 20.0. The number of hydrogen-bond donors (Lipinski definition) is 2. The minimum Gasteiger partial charge on any atom is -0.326 e. The van der Waals surface area contributed by atoms with Crippen LogP contribution < -0.4 is 10.6 Å². The molecule has 0 spiro atoms. The predicted molar refractivity (Wildman–Crippen MR) is 115 cm³/mol. The summed E-state index contributed by atoms with van der Waals surface area (Å²) in [6, 6.07) is 15.1. The van der Waals surface area contributed by atoms with Gasteiger partial charge in [0.1, 0.15) is 0 Å². The molecular formula is C20H21Br2N3O2. The zero-order valence-corrected chi connectivity index (χ0v) is 17.9. The first-order valence-electron chi connectivity index (χ1n) is 8.84. The molecule has 1 aliphatic rings. The summed E-state index contributed by atoms with van der Waals surface area (Å²) in [5.74, 6) is -0.171. The number of hydrogen-bond acceptors (Lipinski definition) is 3. The van der Waals surface area contributed by atoms with Crippen LogP contribution in [0.1, 0.15) is 12.8 Å². The van der Waals surface area contributed by atoms with E-state index in [1.807, 2.05) is 53.4 Å². The number of piperidine rings is 1. The average Bonchev–Trinajstić information content (AvgIpc) is 2.65. The number of carbonyl (C=O) groups is 2. The minimum absolute atomic E-state index is 0.0157. The minimum atomic E-state index is -0.105. The van der Waals surface area contributed by atoms with Crippen LogP contribution in [0.3, 0.4) is 0 Å². The topological polar surface area (TPSA) is 61.4 Å². The molecule has 1 heterocycles. The Morgan fingerprint density at radius 2 is 1.85 bits per heavy atom. The van der Waals surface area contributed by atoms with Gasteiger partial charge in [0.05, 0.1) is 18.2 Å². The first-order chi connectivity index (χ1) is 13.0. The highest BCUT2D eigenvalue weighted by molar-refractivity contribution is 9.11. The molecule has 1 fully saturated rings. The molecule has 142 valence electrons. The van der Waals surface area contributed by atoms with Gasteiger partial charge in [-0.1, -0.05) is 34.1 Å². The van der Waals surface area contributed by atoms with E-state index in [9.17, 15) is 9.59 Å². The van der Waals surface area contributed by atoms with E-state index in [2.05, 4.69) is 42.5 Å². The third-order valence-electron chi connectivity index (χ3n) is 4.49. The number of rotatable bonds is 5. The van der Waals surface area contributed by atoms with Crippen molar-refractivity contribution in [3.63, 3.8) is 0 Å². The monoisotopic (exact) mass is 493 g/mol. The summed E-state index contributed by atoms with van der Waals surface area (Å²) in [6.07, 6.45) is 1.75. The molecule has 0 aromatic heterocycles. The van der Waals surface area contributed by atoms with Crippen molar-refractivity contribution in [2.24, 2.45) is 5.92 Å². The summed E-state index contributed by atoms with van der Waals surface area (Å²) in [6.45, 7) is 1.69. The van der Waals surface area contributed by atoms with Gasteiger partial charge in [-0.05, 0) is 65.6 Å². The van der Waals surface area contributed by atoms with Crippen LogP contribution in [0.25, 0.3) is 0 Å². The second-order valence-electron chi connectivity index (χ2n) is 6.60. The fourth-order valence-corrected chi connectivity index (χ4v) is 4.31. The van der Waals surface area contributed by atoms with Crippen molar-refractivity contribution in [1.82, 2.24) is 4.90 Å². The largest absolute Gasteiger partial charge is 0.326 e. The van der Waals surface area contributed by atoms with Crippen molar-refractivity contribution in [2.75, 3.05) is 30.3 Å². The average molecular weight is 495 g/mol. The smallest absolute Gasteiger partial charge is 0.238 e. The lowest BCUT2D eigenvalue weighted by Gasteiger charge is -2.31. The lowest BCUT2D eigenvalue weighted by Crippen LogP contribution is -2.44. The van der Waals surface area contributed by atoms with E-state index in [0.717, 1.165) is 39.7 Å². The van der Waals surface area contributed by atoms with Crippen LogP contribution in [0.4, 0.5) is 11.4 Å². The Bertz CT molecular complexity index is 814. The molecule has 0 bridgehead atoms. The van der Waals surface area contributed by atoms with Crippen molar-refractivity contribution >= 4 is 55.0 Å². The quantitative estimate of drug-likeness (QED) is 0.643. The lowest BCUT2D eigenvalue weighted by atomic mass is 9.97. The number of carbonyl (C=O) groups excluding carboxylic acids is 2. The maximum Gasteiger partial charge on any atom is 0.238 e. The van der Waals surface area contributed by atoms with E-state index in [0.29, 0.717) is 6.54 Å². The summed E-state index contributed by atoms with van der Waals surface area (Å²) >= 11 is 6.85. The summed E-state index contributed by atoms with van der Waals surface area (Å²) in [7, 11) is 0. The zero-order valence-electron chi connectivity index (χ0n) is 14.8. The Balaban J connectivity index is 1.53. The molecule has 1 aliphatic heterocycles. The predicted octanol–water partition coefficient (Wildman–Crippen LogP) is 4.50. The highest BCUT2D eigenvalue weighted by atomic mass is 79.9. The second-order valence-corrected chi connectivity index (χ2v) is 8.37. The van der Waals surface area contributed by atoms with Crippen molar-refractivity contribution in [3.05, 3.63) is 57.5 Å². The van der Waals surface area contributed by atoms with Gasteiger partial charge in [0.15, 0.2) is 0 Å². The molecule has 2 amide bonds. The van der Waals surface area contributed by atoms with Crippen LogP contribution in [0.15, 0.2) is 57.5 Å². The number of benzene rings is 2. The molecular weight excluding hydrogens is 474 g/mol. The molecule has 0 aliphatic carbocycles. The molecule has 2 aromatic carbocycles. The van der Waals surface area contributed by atoms with E-state index >= 15 is 0 Å². The van der Waals surface area contributed by atoms with Gasteiger partial charge in [0.2, 0.25) is 11.8 Å². The number of amides is 2. The summed E-state index contributed by atoms with van der Waals surface area (Å²) in [5.41, 5.74) is 1.54. The number of nitrogens with zero attached hydrogens (tertiary/aromatic N) is 1. The van der Waals surface area contributed by atoms with Crippen LogP contribution in [-0.2, 0) is 9.59 Å². The van der Waals surface area contributed by atoms with Crippen LogP contribution >= 0.6 is 31.9 Å². The molecule has 1 saturated heterocycles. The van der Waals surface area contributed by atoms with Crippen molar-refractivity contribution < 1.29 is 9.59 Å². The summed E-state index contributed by atoms with van der Waals surface area (Å²) in [4.78, 5) is 27.0. The van der Waals surface area contributed by atoms with Crippen molar-refractivity contribution in [1.29, 1.82) is 0 Å². The molecule has 2 aromatic rings. The third-order valence-corrected chi connectivity index (χ3v) is 5.64. The van der Waals surface area contributed by atoms with Gasteiger partial charge in [-0.15, -0.1) is 0 Å². The SMILES string of the molecule is O=C(CN1CCCC(C(=O)Nc2ccccc2)C1)Nc1ccc(Br)cc1Br. The standard InChI is InChI=1S/C20H21Br2N3O2/c21-15-8-9-18(17(22)11-15)24-19(26)13-25-10-4-5-14(12-25)20(27)23-16-6-2-1-3-7-16/h1-3,6-9,11,14H,4-5,10,12-13H2,(H,23,27)(H,24,26). The van der Waals surface area contributed by atoms with E-state index < -0.39 is 0 Å². The maximum atomic E-state index is 12.5. The van der Waals surface area contributed by atoms with Gasteiger partial charge in [0, 0.05) is 21.2 Å². The Morgan fingerprint density at radius 1 is 1.07 bits per heavy atom. The van der Waals surface area contributed by atoms with Gasteiger partial charge < -0.3 is 10.6 Å². The third kappa shape index (κ3) is 5.89. The number of halogens is 2. The normalized spacial score (nSPS) is 17.3. The van der Waals surface area contributed by atoms with Gasteiger partial charge in [-0.2, -0.15) is 0 Å². The fraction of sp³-hybridized carbons (Fsp3) is 0.300.